The third-order valence-electron chi connectivity index (χ3n) is 1.91. The first-order valence-electron chi connectivity index (χ1n) is 5.61. The molecule has 0 atom stereocenters. The van der Waals surface area contributed by atoms with Gasteiger partial charge in [-0.15, -0.1) is 0 Å². The molecule has 0 bridgehead atoms. The zero-order chi connectivity index (χ0) is 14.5. The lowest BCUT2D eigenvalue weighted by Crippen LogP contribution is -2.29. The van der Waals surface area contributed by atoms with Gasteiger partial charge in [0.25, 0.3) is 0 Å². The van der Waals surface area contributed by atoms with Crippen molar-refractivity contribution in [2.75, 3.05) is 0 Å². The number of hydrogen-bond acceptors (Lipinski definition) is 5. The Kier molecular flexibility index (Phi) is 4.63. The fraction of sp³-hybridized carbons (Fsp3) is 0.308. The third-order valence-corrected chi connectivity index (χ3v) is 1.91. The van der Waals surface area contributed by atoms with Gasteiger partial charge in [0.05, 0.1) is 12.2 Å². The normalized spacial score (nSPS) is 11.3. The SMILES string of the molecule is CC(C)(C)OC(=O)N/N=C\c1ccc(C(=O)[O-])cc1. The van der Waals surface area contributed by atoms with Gasteiger partial charge in [0, 0.05) is 0 Å². The number of benzene rings is 1. The van der Waals surface area contributed by atoms with Crippen molar-refractivity contribution < 1.29 is 19.4 Å². The maximum absolute atomic E-state index is 11.3. The van der Waals surface area contributed by atoms with Crippen molar-refractivity contribution in [1.82, 2.24) is 5.43 Å². The maximum atomic E-state index is 11.3. The molecule has 0 aromatic heterocycles. The lowest BCUT2D eigenvalue weighted by molar-refractivity contribution is -0.255. The van der Waals surface area contributed by atoms with Gasteiger partial charge in [-0.2, -0.15) is 5.10 Å². The standard InChI is InChI=1S/C13H16N2O4/c1-13(2,3)19-12(18)15-14-8-9-4-6-10(7-5-9)11(16)17/h4-8H,1-3H3,(H,15,18)(H,16,17)/p-1/b14-8-. The molecular formula is C13H15N2O4-. The summed E-state index contributed by atoms with van der Waals surface area (Å²) in [6.07, 6.45) is 0.721. The highest BCUT2D eigenvalue weighted by atomic mass is 16.6. The number of carboxylic acids is 1. The molecule has 1 rings (SSSR count). The first-order valence-corrected chi connectivity index (χ1v) is 5.61. The van der Waals surface area contributed by atoms with Crippen LogP contribution >= 0.6 is 0 Å². The lowest BCUT2D eigenvalue weighted by Gasteiger charge is -2.18. The second-order valence-corrected chi connectivity index (χ2v) is 4.78. The zero-order valence-corrected chi connectivity index (χ0v) is 11.0. The van der Waals surface area contributed by atoms with E-state index in [0.717, 1.165) is 0 Å². The number of ether oxygens (including phenoxy) is 1. The van der Waals surface area contributed by atoms with E-state index in [1.165, 1.54) is 18.3 Å². The number of rotatable bonds is 3. The summed E-state index contributed by atoms with van der Waals surface area (Å²) >= 11 is 0. The molecule has 1 N–H and O–H groups in total. The van der Waals surface area contributed by atoms with Gasteiger partial charge in [-0.1, -0.05) is 24.3 Å². The number of nitrogens with zero attached hydrogens (tertiary/aromatic N) is 1. The predicted octanol–water partition coefficient (Wildman–Crippen LogP) is 0.909. The smallest absolute Gasteiger partial charge is 0.428 e. The molecule has 0 unspecified atom stereocenters. The Labute approximate surface area is 111 Å². The van der Waals surface area contributed by atoms with Gasteiger partial charge >= 0.3 is 6.09 Å². The fourth-order valence-corrected chi connectivity index (χ4v) is 1.17. The topological polar surface area (TPSA) is 90.8 Å². The summed E-state index contributed by atoms with van der Waals surface area (Å²) in [5.74, 6) is -1.24. The van der Waals surface area contributed by atoms with Crippen molar-refractivity contribution in [1.29, 1.82) is 0 Å². The Morgan fingerprint density at radius 1 is 1.26 bits per heavy atom. The molecule has 0 fully saturated rings. The van der Waals surface area contributed by atoms with E-state index < -0.39 is 17.7 Å². The lowest BCUT2D eigenvalue weighted by atomic mass is 10.1. The van der Waals surface area contributed by atoms with Crippen molar-refractivity contribution in [2.45, 2.75) is 26.4 Å². The molecule has 0 saturated carbocycles. The molecule has 1 aromatic rings. The molecule has 0 heterocycles. The monoisotopic (exact) mass is 263 g/mol. The number of aromatic carboxylic acids is 1. The van der Waals surface area contributed by atoms with E-state index in [0.29, 0.717) is 5.56 Å². The zero-order valence-electron chi connectivity index (χ0n) is 11.0. The Morgan fingerprint density at radius 2 is 1.84 bits per heavy atom. The quantitative estimate of drug-likeness (QED) is 0.648. The third kappa shape index (κ3) is 5.67. The van der Waals surface area contributed by atoms with Gasteiger partial charge in [-0.3, -0.25) is 0 Å². The van der Waals surface area contributed by atoms with Crippen molar-refractivity contribution in [3.05, 3.63) is 35.4 Å². The second kappa shape index (κ2) is 5.99. The van der Waals surface area contributed by atoms with Gasteiger partial charge in [0.15, 0.2) is 0 Å². The second-order valence-electron chi connectivity index (χ2n) is 4.78. The predicted molar refractivity (Wildman–Crippen MR) is 67.7 cm³/mol. The Morgan fingerprint density at radius 3 is 2.32 bits per heavy atom. The fourth-order valence-electron chi connectivity index (χ4n) is 1.17. The summed E-state index contributed by atoms with van der Waals surface area (Å²) in [5.41, 5.74) is 2.34. The molecular weight excluding hydrogens is 248 g/mol. The van der Waals surface area contributed by atoms with E-state index in [9.17, 15) is 14.7 Å². The van der Waals surface area contributed by atoms with Crippen LogP contribution in [0.25, 0.3) is 0 Å². The first kappa shape index (κ1) is 14.7. The van der Waals surface area contributed by atoms with E-state index in [-0.39, 0.29) is 5.56 Å². The van der Waals surface area contributed by atoms with Gasteiger partial charge in [0.1, 0.15) is 5.60 Å². The summed E-state index contributed by atoms with van der Waals surface area (Å²) in [6, 6.07) is 5.88. The van der Waals surface area contributed by atoms with E-state index in [2.05, 4.69) is 10.5 Å². The number of nitrogens with one attached hydrogen (secondary N) is 1. The Bertz CT molecular complexity index is 486. The van der Waals surface area contributed by atoms with E-state index in [1.54, 1.807) is 32.9 Å². The van der Waals surface area contributed by atoms with Crippen LogP contribution in [0.1, 0.15) is 36.7 Å². The van der Waals surface area contributed by atoms with Gasteiger partial charge < -0.3 is 14.6 Å². The summed E-state index contributed by atoms with van der Waals surface area (Å²) in [6.45, 7) is 5.23. The van der Waals surface area contributed by atoms with Crippen LogP contribution in [0.2, 0.25) is 0 Å². The van der Waals surface area contributed by atoms with Crippen LogP contribution in [0.3, 0.4) is 0 Å². The molecule has 0 aliphatic rings. The molecule has 1 amide bonds. The van der Waals surface area contributed by atoms with Crippen LogP contribution in [0.4, 0.5) is 4.79 Å². The molecule has 0 aliphatic carbocycles. The summed E-state index contributed by atoms with van der Waals surface area (Å²) in [5, 5.41) is 14.2. The van der Waals surface area contributed by atoms with Crippen LogP contribution in [-0.4, -0.2) is 23.9 Å². The average molecular weight is 263 g/mol. The van der Waals surface area contributed by atoms with E-state index in [1.807, 2.05) is 0 Å². The van der Waals surface area contributed by atoms with Crippen molar-refractivity contribution in [3.8, 4) is 0 Å². The molecule has 0 saturated heterocycles. The minimum absolute atomic E-state index is 0.0808. The summed E-state index contributed by atoms with van der Waals surface area (Å²) in [4.78, 5) is 21.8. The Balaban J connectivity index is 2.53. The number of hydrogen-bond donors (Lipinski definition) is 1. The highest BCUT2D eigenvalue weighted by molar-refractivity contribution is 5.88. The van der Waals surface area contributed by atoms with Gasteiger partial charge in [0.2, 0.25) is 0 Å². The Hall–Kier alpha value is -2.37. The van der Waals surface area contributed by atoms with Crippen LogP contribution in [0.15, 0.2) is 29.4 Å². The maximum Gasteiger partial charge on any atom is 0.428 e. The molecule has 6 nitrogen and oxygen atoms in total. The van der Waals surface area contributed by atoms with Crippen molar-refractivity contribution >= 4 is 18.3 Å². The van der Waals surface area contributed by atoms with Gasteiger partial charge in [-0.25, -0.2) is 10.2 Å². The molecule has 19 heavy (non-hydrogen) atoms. The van der Waals surface area contributed by atoms with Crippen LogP contribution < -0.4 is 10.5 Å². The number of carboxylic acid groups (broad SMARTS) is 1. The van der Waals surface area contributed by atoms with Crippen LogP contribution in [0.5, 0.6) is 0 Å². The molecule has 0 radical (unpaired) electrons. The largest absolute Gasteiger partial charge is 0.545 e. The first-order chi connectivity index (χ1) is 8.78. The van der Waals surface area contributed by atoms with Crippen molar-refractivity contribution in [2.24, 2.45) is 5.10 Å². The van der Waals surface area contributed by atoms with Crippen molar-refractivity contribution in [3.63, 3.8) is 0 Å². The molecule has 6 heteroatoms. The molecule has 102 valence electrons. The highest BCUT2D eigenvalue weighted by Crippen LogP contribution is 2.06. The summed E-state index contributed by atoms with van der Waals surface area (Å²) < 4.78 is 4.98. The molecule has 1 aromatic carbocycles. The number of amides is 1. The highest BCUT2D eigenvalue weighted by Gasteiger charge is 2.15. The molecule has 0 aliphatic heterocycles. The average Bonchev–Trinajstić information content (AvgIpc) is 2.27. The minimum atomic E-state index is -1.24. The number of hydrazone groups is 1. The van der Waals surface area contributed by atoms with Gasteiger partial charge in [-0.05, 0) is 31.9 Å². The van der Waals surface area contributed by atoms with E-state index in [4.69, 9.17) is 4.74 Å². The number of carbonyl (C=O) groups excluding carboxylic acids is 2. The van der Waals surface area contributed by atoms with Crippen LogP contribution in [-0.2, 0) is 4.74 Å². The minimum Gasteiger partial charge on any atom is -0.545 e. The number of carbonyl (C=O) groups is 2. The van der Waals surface area contributed by atoms with E-state index >= 15 is 0 Å². The molecule has 0 spiro atoms. The van der Waals surface area contributed by atoms with Crippen LogP contribution in [0, 0.1) is 0 Å². The summed E-state index contributed by atoms with van der Waals surface area (Å²) in [7, 11) is 0.